The SMILES string of the molecule is CC1(C)c2ccccc2-c2c(-c3c4ccccc4c(-c4cccc5ccccc45)c4c3cnc3ccccc34)cccc21. The Bertz CT molecular complexity index is 2420. The van der Waals surface area contributed by atoms with Crippen LogP contribution in [0.5, 0.6) is 0 Å². The molecule has 1 aliphatic carbocycles. The predicted molar refractivity (Wildman–Crippen MR) is 183 cm³/mol. The molecule has 0 N–H and O–H groups in total. The number of benzene rings is 7. The molecule has 7 aromatic carbocycles. The standard InChI is InChI=1S/C42H29N/c1-42(2)35-22-9-7-18-31(35)39-33(21-12-23-36(39)42)38-29-16-5-6-17-30(29)40(28-20-11-14-26-13-3-4-15-27(26)28)41-32-19-8-10-24-37(32)43-25-34(38)41/h3-25H,1-2H3. The summed E-state index contributed by atoms with van der Waals surface area (Å²) in [4.78, 5) is 5.07. The molecular formula is C42H29N. The second-order valence-corrected chi connectivity index (χ2v) is 12.3. The Balaban J connectivity index is 1.52. The van der Waals surface area contributed by atoms with E-state index >= 15 is 0 Å². The minimum atomic E-state index is -0.0681. The number of hydrogen-bond donors (Lipinski definition) is 0. The van der Waals surface area contributed by atoms with E-state index in [0.717, 1.165) is 5.52 Å². The Kier molecular flexibility index (Phi) is 5.02. The van der Waals surface area contributed by atoms with E-state index in [4.69, 9.17) is 4.98 Å². The number of hydrogen-bond acceptors (Lipinski definition) is 1. The van der Waals surface area contributed by atoms with Crippen LogP contribution < -0.4 is 0 Å². The number of para-hydroxylation sites is 1. The molecule has 202 valence electrons. The zero-order valence-corrected chi connectivity index (χ0v) is 24.2. The summed E-state index contributed by atoms with van der Waals surface area (Å²) in [7, 11) is 0. The van der Waals surface area contributed by atoms with Crippen LogP contribution in [0.2, 0.25) is 0 Å². The average Bonchev–Trinajstić information content (AvgIpc) is 3.30. The highest BCUT2D eigenvalue weighted by Gasteiger charge is 2.37. The molecule has 0 unspecified atom stereocenters. The highest BCUT2D eigenvalue weighted by Crippen LogP contribution is 2.55. The zero-order chi connectivity index (χ0) is 28.7. The van der Waals surface area contributed by atoms with Crippen molar-refractivity contribution in [2.24, 2.45) is 0 Å². The quantitative estimate of drug-likeness (QED) is 0.155. The Morgan fingerprint density at radius 2 is 1.00 bits per heavy atom. The van der Waals surface area contributed by atoms with Crippen molar-refractivity contribution in [2.75, 3.05) is 0 Å². The topological polar surface area (TPSA) is 12.9 Å². The zero-order valence-electron chi connectivity index (χ0n) is 24.2. The normalized spacial score (nSPS) is 13.5. The Hall–Kier alpha value is -5.27. The molecule has 8 aromatic rings. The fraction of sp³-hybridized carbons (Fsp3) is 0.0714. The maximum Gasteiger partial charge on any atom is 0.0708 e. The lowest BCUT2D eigenvalue weighted by Gasteiger charge is -2.23. The van der Waals surface area contributed by atoms with Gasteiger partial charge in [0, 0.05) is 27.8 Å². The molecule has 0 spiro atoms. The molecule has 43 heavy (non-hydrogen) atoms. The van der Waals surface area contributed by atoms with Gasteiger partial charge < -0.3 is 0 Å². The summed E-state index contributed by atoms with van der Waals surface area (Å²) < 4.78 is 0. The van der Waals surface area contributed by atoms with Crippen LogP contribution in [0.1, 0.15) is 25.0 Å². The maximum atomic E-state index is 5.07. The van der Waals surface area contributed by atoms with Crippen LogP contribution in [0.25, 0.3) is 76.6 Å². The number of nitrogens with zero attached hydrogens (tertiary/aromatic N) is 1. The van der Waals surface area contributed by atoms with E-state index in [-0.39, 0.29) is 5.41 Å². The van der Waals surface area contributed by atoms with Crippen molar-refractivity contribution in [2.45, 2.75) is 19.3 Å². The number of fused-ring (bicyclic) bond motifs is 8. The molecule has 0 saturated heterocycles. The molecule has 0 aliphatic heterocycles. The Morgan fingerprint density at radius 3 is 1.86 bits per heavy atom. The minimum Gasteiger partial charge on any atom is -0.256 e. The van der Waals surface area contributed by atoms with Gasteiger partial charge in [0.05, 0.1) is 5.52 Å². The molecule has 1 nitrogen and oxygen atoms in total. The molecule has 9 rings (SSSR count). The third kappa shape index (κ3) is 3.31. The van der Waals surface area contributed by atoms with E-state index in [1.54, 1.807) is 0 Å². The van der Waals surface area contributed by atoms with E-state index < -0.39 is 0 Å². The Morgan fingerprint density at radius 1 is 0.419 bits per heavy atom. The molecule has 0 bridgehead atoms. The molecule has 0 atom stereocenters. The summed E-state index contributed by atoms with van der Waals surface area (Å²) in [6.07, 6.45) is 2.12. The average molecular weight is 548 g/mol. The van der Waals surface area contributed by atoms with Gasteiger partial charge in [-0.3, -0.25) is 4.98 Å². The van der Waals surface area contributed by atoms with Crippen molar-refractivity contribution in [3.63, 3.8) is 0 Å². The van der Waals surface area contributed by atoms with E-state index in [1.807, 2.05) is 0 Å². The smallest absolute Gasteiger partial charge is 0.0708 e. The fourth-order valence-corrected chi connectivity index (χ4v) is 7.78. The summed E-state index contributed by atoms with van der Waals surface area (Å²) in [6.45, 7) is 4.71. The highest BCUT2D eigenvalue weighted by atomic mass is 14.7. The maximum absolute atomic E-state index is 5.07. The van der Waals surface area contributed by atoms with Crippen LogP contribution in [-0.4, -0.2) is 4.98 Å². The van der Waals surface area contributed by atoms with Gasteiger partial charge in [0.1, 0.15) is 0 Å². The first-order chi connectivity index (χ1) is 21.1. The van der Waals surface area contributed by atoms with Gasteiger partial charge in [-0.05, 0) is 72.1 Å². The van der Waals surface area contributed by atoms with Crippen molar-refractivity contribution in [1.29, 1.82) is 0 Å². The predicted octanol–water partition coefficient (Wildman–Crippen LogP) is 11.3. The van der Waals surface area contributed by atoms with Crippen molar-refractivity contribution in [1.82, 2.24) is 4.98 Å². The first kappa shape index (κ1) is 24.3. The van der Waals surface area contributed by atoms with E-state index in [9.17, 15) is 0 Å². The molecule has 1 aliphatic rings. The molecular weight excluding hydrogens is 518 g/mol. The first-order valence-electron chi connectivity index (χ1n) is 15.1. The summed E-state index contributed by atoms with van der Waals surface area (Å²) >= 11 is 0. The van der Waals surface area contributed by atoms with Gasteiger partial charge in [0.25, 0.3) is 0 Å². The lowest BCUT2D eigenvalue weighted by Crippen LogP contribution is -2.14. The number of aromatic nitrogens is 1. The summed E-state index contributed by atoms with van der Waals surface area (Å²) in [5.74, 6) is 0. The van der Waals surface area contributed by atoms with Gasteiger partial charge >= 0.3 is 0 Å². The van der Waals surface area contributed by atoms with Gasteiger partial charge in [-0.15, -0.1) is 0 Å². The molecule has 0 amide bonds. The Labute approximate surface area is 251 Å². The van der Waals surface area contributed by atoms with E-state index in [1.165, 1.54) is 82.2 Å². The van der Waals surface area contributed by atoms with Crippen LogP contribution in [0.4, 0.5) is 0 Å². The van der Waals surface area contributed by atoms with Gasteiger partial charge in [0.15, 0.2) is 0 Å². The monoisotopic (exact) mass is 547 g/mol. The lowest BCUT2D eigenvalue weighted by molar-refractivity contribution is 0.660. The lowest BCUT2D eigenvalue weighted by atomic mass is 9.80. The first-order valence-corrected chi connectivity index (χ1v) is 15.1. The van der Waals surface area contributed by atoms with Crippen LogP contribution in [0.15, 0.2) is 140 Å². The van der Waals surface area contributed by atoms with Crippen LogP contribution >= 0.6 is 0 Å². The molecule has 0 saturated carbocycles. The largest absolute Gasteiger partial charge is 0.256 e. The van der Waals surface area contributed by atoms with Crippen LogP contribution in [0.3, 0.4) is 0 Å². The molecule has 1 heteroatoms. The molecule has 0 fully saturated rings. The van der Waals surface area contributed by atoms with Crippen LogP contribution in [0, 0.1) is 0 Å². The van der Waals surface area contributed by atoms with Gasteiger partial charge in [-0.25, -0.2) is 0 Å². The molecule has 1 aromatic heterocycles. The van der Waals surface area contributed by atoms with Gasteiger partial charge in [-0.1, -0.05) is 141 Å². The summed E-state index contributed by atoms with van der Waals surface area (Å²) in [5.41, 5.74) is 11.5. The second kappa shape index (κ2) is 8.86. The third-order valence-electron chi connectivity index (χ3n) is 9.70. The third-order valence-corrected chi connectivity index (χ3v) is 9.70. The second-order valence-electron chi connectivity index (χ2n) is 12.3. The van der Waals surface area contributed by atoms with Crippen molar-refractivity contribution in [3.05, 3.63) is 151 Å². The van der Waals surface area contributed by atoms with Gasteiger partial charge in [0.2, 0.25) is 0 Å². The summed E-state index contributed by atoms with van der Waals surface area (Å²) in [6, 6.07) is 48.9. The number of rotatable bonds is 2. The fourth-order valence-electron chi connectivity index (χ4n) is 7.78. The van der Waals surface area contributed by atoms with Crippen molar-refractivity contribution < 1.29 is 0 Å². The summed E-state index contributed by atoms with van der Waals surface area (Å²) in [5, 5.41) is 8.67. The molecule has 0 radical (unpaired) electrons. The van der Waals surface area contributed by atoms with Crippen molar-refractivity contribution >= 4 is 43.2 Å². The molecule has 1 heterocycles. The van der Waals surface area contributed by atoms with E-state index in [0.29, 0.717) is 0 Å². The van der Waals surface area contributed by atoms with Gasteiger partial charge in [-0.2, -0.15) is 0 Å². The highest BCUT2D eigenvalue weighted by molar-refractivity contribution is 6.29. The van der Waals surface area contributed by atoms with Crippen LogP contribution in [-0.2, 0) is 5.41 Å². The van der Waals surface area contributed by atoms with Crippen molar-refractivity contribution in [3.8, 4) is 33.4 Å². The number of pyridine rings is 1. The van der Waals surface area contributed by atoms with E-state index in [2.05, 4.69) is 154 Å². The minimum absolute atomic E-state index is 0.0681.